The predicted octanol–water partition coefficient (Wildman–Crippen LogP) is 3.07. The molecule has 0 bridgehead atoms. The first-order valence-corrected chi connectivity index (χ1v) is 10.8. The van der Waals surface area contributed by atoms with E-state index < -0.39 is 23.2 Å². The van der Waals surface area contributed by atoms with Gasteiger partial charge in [0.1, 0.15) is 28.5 Å². The van der Waals surface area contributed by atoms with Crippen molar-refractivity contribution in [3.8, 4) is 5.75 Å². The number of halogens is 4. The lowest BCUT2D eigenvalue weighted by Crippen LogP contribution is -2.38. The molecule has 0 spiro atoms. The van der Waals surface area contributed by atoms with E-state index in [9.17, 15) is 18.4 Å². The van der Waals surface area contributed by atoms with Crippen LogP contribution in [0.2, 0.25) is 0 Å². The van der Waals surface area contributed by atoms with E-state index >= 15 is 0 Å². The van der Waals surface area contributed by atoms with E-state index in [1.807, 2.05) is 0 Å². The Morgan fingerprint density at radius 3 is 2.56 bits per heavy atom. The van der Waals surface area contributed by atoms with Gasteiger partial charge >= 0.3 is 0 Å². The Hall–Kier alpha value is -2.89. The second kappa shape index (κ2) is 12.0. The summed E-state index contributed by atoms with van der Waals surface area (Å²) in [6.45, 7) is 3.28. The van der Waals surface area contributed by atoms with Crippen molar-refractivity contribution in [3.05, 3.63) is 85.3 Å². The van der Waals surface area contributed by atoms with Crippen LogP contribution < -0.4 is 21.3 Å². The Bertz CT molecular complexity index is 1220. The van der Waals surface area contributed by atoms with Gasteiger partial charge in [-0.25, -0.2) is 8.78 Å². The van der Waals surface area contributed by atoms with E-state index in [1.54, 1.807) is 20.0 Å². The molecule has 34 heavy (non-hydrogen) atoms. The van der Waals surface area contributed by atoms with Crippen molar-refractivity contribution in [1.82, 2.24) is 20.3 Å². The number of H-pyrrole nitrogens is 1. The van der Waals surface area contributed by atoms with Crippen LogP contribution in [0.1, 0.15) is 35.1 Å². The number of hydrogen-bond acceptors (Lipinski definition) is 6. The van der Waals surface area contributed by atoms with Crippen LogP contribution in [-0.4, -0.2) is 26.9 Å². The van der Waals surface area contributed by atoms with Crippen molar-refractivity contribution in [3.63, 3.8) is 0 Å². The van der Waals surface area contributed by atoms with Gasteiger partial charge in [0.2, 0.25) is 5.91 Å². The average Bonchev–Trinajstić information content (AvgIpc) is 2.77. The van der Waals surface area contributed by atoms with Crippen molar-refractivity contribution in [2.75, 3.05) is 0 Å². The number of carbonyl (C=O) groups excluding carboxylic acids is 1. The van der Waals surface area contributed by atoms with Crippen LogP contribution in [0, 0.1) is 18.6 Å². The maximum Gasteiger partial charge on any atom is 0.266 e. The summed E-state index contributed by atoms with van der Waals surface area (Å²) in [5.74, 6) is -1.50. The highest BCUT2D eigenvalue weighted by molar-refractivity contribution is 9.10. The molecule has 0 saturated heterocycles. The monoisotopic (exact) mass is 557 g/mol. The van der Waals surface area contributed by atoms with E-state index in [4.69, 9.17) is 10.5 Å². The summed E-state index contributed by atoms with van der Waals surface area (Å²) in [5, 5.41) is 2.65. The second-order valence-electron chi connectivity index (χ2n) is 7.41. The van der Waals surface area contributed by atoms with Crippen molar-refractivity contribution < 1.29 is 18.3 Å². The number of benzene rings is 1. The molecule has 3 rings (SSSR count). The first-order chi connectivity index (χ1) is 15.7. The normalized spacial score (nSPS) is 11.5. The summed E-state index contributed by atoms with van der Waals surface area (Å²) >= 11 is 3.23. The number of aromatic amines is 1. The number of nitrogens with two attached hydrogens (primary N) is 1. The van der Waals surface area contributed by atoms with Gasteiger partial charge in [0, 0.05) is 35.5 Å². The Morgan fingerprint density at radius 2 is 1.94 bits per heavy atom. The predicted molar refractivity (Wildman–Crippen MR) is 128 cm³/mol. The average molecular weight is 559 g/mol. The van der Waals surface area contributed by atoms with Crippen LogP contribution in [0.15, 0.2) is 39.9 Å². The largest absolute Gasteiger partial charge is 0.487 e. The first-order valence-electron chi connectivity index (χ1n) is 9.96. The molecule has 0 saturated carbocycles. The van der Waals surface area contributed by atoms with Gasteiger partial charge in [-0.1, -0.05) is 0 Å². The molecule has 12 heteroatoms. The maximum absolute atomic E-state index is 14.0. The van der Waals surface area contributed by atoms with Crippen LogP contribution in [0.3, 0.4) is 0 Å². The zero-order valence-corrected chi connectivity index (χ0v) is 20.7. The molecule has 0 unspecified atom stereocenters. The van der Waals surface area contributed by atoms with Crippen LogP contribution in [-0.2, 0) is 24.4 Å². The lowest BCUT2D eigenvalue weighted by atomic mass is 10.1. The Morgan fingerprint density at radius 1 is 1.26 bits per heavy atom. The van der Waals surface area contributed by atoms with Gasteiger partial charge in [0.15, 0.2) is 0 Å². The summed E-state index contributed by atoms with van der Waals surface area (Å²) < 4.78 is 33.1. The Kier molecular flexibility index (Phi) is 9.66. The van der Waals surface area contributed by atoms with Crippen LogP contribution in [0.25, 0.3) is 0 Å². The summed E-state index contributed by atoms with van der Waals surface area (Å²) in [4.78, 5) is 35.2. The lowest BCUT2D eigenvalue weighted by Gasteiger charge is -2.16. The molecule has 4 N–H and O–H groups in total. The van der Waals surface area contributed by atoms with Crippen LogP contribution in [0.4, 0.5) is 8.78 Å². The van der Waals surface area contributed by atoms with Gasteiger partial charge in [0.05, 0.1) is 30.2 Å². The molecule has 1 atom stereocenters. The SMILES string of the molecule is Cc1[nH]c(=O)c(Br)c(OCc2ccc(F)cc2F)c1Cc1cnc(CNC(=O)[C@H](C)N)cn1.Cl. The molecule has 0 radical (unpaired) electrons. The summed E-state index contributed by atoms with van der Waals surface area (Å²) in [7, 11) is 0. The molecule has 1 aromatic carbocycles. The van der Waals surface area contributed by atoms with Gasteiger partial charge in [-0.2, -0.15) is 0 Å². The lowest BCUT2D eigenvalue weighted by molar-refractivity contribution is -0.122. The van der Waals surface area contributed by atoms with Gasteiger partial charge in [-0.05, 0) is 41.9 Å². The number of nitrogens with zero attached hydrogens (tertiary/aromatic N) is 2. The van der Waals surface area contributed by atoms with Crippen LogP contribution in [0.5, 0.6) is 5.75 Å². The van der Waals surface area contributed by atoms with Gasteiger partial charge in [0.25, 0.3) is 5.56 Å². The van der Waals surface area contributed by atoms with Gasteiger partial charge in [-0.15, -0.1) is 12.4 Å². The number of aromatic nitrogens is 3. The van der Waals surface area contributed by atoms with Crippen molar-refractivity contribution >= 4 is 34.2 Å². The zero-order valence-electron chi connectivity index (χ0n) is 18.3. The third-order valence-corrected chi connectivity index (χ3v) is 5.51. The van der Waals surface area contributed by atoms with Gasteiger partial charge < -0.3 is 20.8 Å². The number of nitrogens with one attached hydrogen (secondary N) is 2. The fourth-order valence-corrected chi connectivity index (χ4v) is 3.40. The molecule has 182 valence electrons. The molecular weight excluding hydrogens is 536 g/mol. The molecule has 0 aliphatic carbocycles. The van der Waals surface area contributed by atoms with Crippen LogP contribution >= 0.6 is 28.3 Å². The summed E-state index contributed by atoms with van der Waals surface area (Å²) in [6, 6.07) is 2.56. The highest BCUT2D eigenvalue weighted by Crippen LogP contribution is 2.30. The number of aryl methyl sites for hydroxylation is 1. The molecule has 1 amide bonds. The van der Waals surface area contributed by atoms with Crippen molar-refractivity contribution in [2.24, 2.45) is 5.73 Å². The topological polar surface area (TPSA) is 123 Å². The zero-order chi connectivity index (χ0) is 24.1. The third kappa shape index (κ3) is 6.81. The van der Waals surface area contributed by atoms with Crippen molar-refractivity contribution in [1.29, 1.82) is 0 Å². The van der Waals surface area contributed by atoms with E-state index in [-0.39, 0.29) is 53.7 Å². The Labute approximate surface area is 208 Å². The van der Waals surface area contributed by atoms with Gasteiger partial charge in [-0.3, -0.25) is 19.6 Å². The fraction of sp³-hybridized carbons (Fsp3) is 0.273. The summed E-state index contributed by atoms with van der Waals surface area (Å²) in [5.41, 5.74) is 7.55. The number of rotatable bonds is 8. The number of amides is 1. The molecule has 0 aliphatic heterocycles. The number of pyridine rings is 1. The minimum Gasteiger partial charge on any atom is -0.487 e. The standard InChI is InChI=1S/C22H22BrF2N5O3.ClH/c1-11(26)21(31)29-9-16-8-27-15(7-28-16)6-17-12(2)30-22(32)19(23)20(17)33-10-13-3-4-14(24)5-18(13)25;/h3-5,7-8,11H,6,9-10,26H2,1-2H3,(H,29,31)(H,30,32);1H/t11-;/m0./s1. The molecule has 2 heterocycles. The smallest absolute Gasteiger partial charge is 0.266 e. The minimum absolute atomic E-state index is 0. The molecule has 3 aromatic rings. The summed E-state index contributed by atoms with van der Waals surface area (Å²) in [6.07, 6.45) is 3.35. The molecule has 8 nitrogen and oxygen atoms in total. The molecular formula is C22H23BrClF2N5O3. The van der Waals surface area contributed by atoms with E-state index in [2.05, 4.69) is 36.2 Å². The molecule has 0 aliphatic rings. The third-order valence-electron chi connectivity index (χ3n) is 4.79. The minimum atomic E-state index is -0.744. The van der Waals surface area contributed by atoms with E-state index in [0.717, 1.165) is 12.1 Å². The number of ether oxygens (including phenoxy) is 1. The second-order valence-corrected chi connectivity index (χ2v) is 8.20. The fourth-order valence-electron chi connectivity index (χ4n) is 2.94. The number of hydrogen-bond donors (Lipinski definition) is 3. The highest BCUT2D eigenvalue weighted by Gasteiger charge is 2.18. The number of carbonyl (C=O) groups is 1. The quantitative estimate of drug-likeness (QED) is 0.391. The molecule has 0 fully saturated rings. The Balaban J connectivity index is 0.00000408. The van der Waals surface area contributed by atoms with E-state index in [0.29, 0.717) is 22.6 Å². The highest BCUT2D eigenvalue weighted by atomic mass is 79.9. The first kappa shape index (κ1) is 27.4. The van der Waals surface area contributed by atoms with E-state index in [1.165, 1.54) is 12.3 Å². The maximum atomic E-state index is 14.0. The molecule has 2 aromatic heterocycles. The van der Waals surface area contributed by atoms with Crippen molar-refractivity contribution in [2.45, 2.75) is 39.5 Å².